The predicted octanol–water partition coefficient (Wildman–Crippen LogP) is 1.48. The summed E-state index contributed by atoms with van der Waals surface area (Å²) in [5.74, 6) is 5.73. The number of nitrogens with zero attached hydrogens (tertiary/aromatic N) is 1. The Morgan fingerprint density at radius 2 is 2.24 bits per heavy atom. The molecule has 0 aliphatic heterocycles. The number of hydrazine groups is 1. The number of hydrogen-bond acceptors (Lipinski definition) is 3. The van der Waals surface area contributed by atoms with Gasteiger partial charge in [-0.1, -0.05) is 6.92 Å². The first-order valence-electron chi connectivity index (χ1n) is 5.32. The summed E-state index contributed by atoms with van der Waals surface area (Å²) in [7, 11) is 1.48. The molecule has 0 unspecified atom stereocenters. The molecule has 0 saturated heterocycles. The Kier molecular flexibility index (Phi) is 5.22. The van der Waals surface area contributed by atoms with E-state index in [1.807, 2.05) is 6.92 Å². The van der Waals surface area contributed by atoms with Crippen molar-refractivity contribution in [2.45, 2.75) is 13.3 Å². The number of benzene rings is 1. The molecular formula is C11H17FN4O. The van der Waals surface area contributed by atoms with Gasteiger partial charge in [-0.15, -0.1) is 0 Å². The predicted molar refractivity (Wildman–Crippen MR) is 66.5 cm³/mol. The van der Waals surface area contributed by atoms with Gasteiger partial charge in [0.25, 0.3) is 0 Å². The van der Waals surface area contributed by atoms with Gasteiger partial charge in [-0.3, -0.25) is 10.4 Å². The van der Waals surface area contributed by atoms with E-state index in [0.717, 1.165) is 6.42 Å². The van der Waals surface area contributed by atoms with Crippen LogP contribution in [0.1, 0.15) is 13.3 Å². The number of hydrogen-bond donors (Lipinski definition) is 3. The standard InChI is InChI=1S/C11H17FN4O/c1-3-4-14-11(16-13)15-9-5-8(12)6-10(7-9)17-2/h5-7H,3-4,13H2,1-2H3,(H2,14,15,16). The van der Waals surface area contributed by atoms with Gasteiger partial charge < -0.3 is 10.1 Å². The fourth-order valence-corrected chi connectivity index (χ4v) is 1.23. The molecule has 0 radical (unpaired) electrons. The SMILES string of the molecule is CCCN=C(NN)Nc1cc(F)cc(OC)c1. The molecule has 0 aromatic heterocycles. The zero-order valence-electron chi connectivity index (χ0n) is 9.96. The lowest BCUT2D eigenvalue weighted by Crippen LogP contribution is -2.36. The van der Waals surface area contributed by atoms with Gasteiger partial charge in [-0.25, -0.2) is 10.2 Å². The molecule has 4 N–H and O–H groups in total. The van der Waals surface area contributed by atoms with Gasteiger partial charge in [0, 0.05) is 24.4 Å². The molecule has 17 heavy (non-hydrogen) atoms. The fraction of sp³-hybridized carbons (Fsp3) is 0.364. The lowest BCUT2D eigenvalue weighted by atomic mass is 10.3. The van der Waals surface area contributed by atoms with Crippen LogP contribution in [0, 0.1) is 5.82 Å². The van der Waals surface area contributed by atoms with Crippen LogP contribution in [0.15, 0.2) is 23.2 Å². The van der Waals surface area contributed by atoms with Crippen LogP contribution in [0.3, 0.4) is 0 Å². The van der Waals surface area contributed by atoms with Crippen molar-refractivity contribution in [3.05, 3.63) is 24.0 Å². The monoisotopic (exact) mass is 240 g/mol. The van der Waals surface area contributed by atoms with Crippen LogP contribution in [0.4, 0.5) is 10.1 Å². The van der Waals surface area contributed by atoms with Crippen molar-refractivity contribution in [3.8, 4) is 5.75 Å². The van der Waals surface area contributed by atoms with E-state index < -0.39 is 5.82 Å². The number of aliphatic imine (C=N–C) groups is 1. The number of halogens is 1. The Bertz CT molecular complexity index is 395. The zero-order chi connectivity index (χ0) is 12.7. The summed E-state index contributed by atoms with van der Waals surface area (Å²) in [6.45, 7) is 2.64. The maximum absolute atomic E-state index is 13.2. The molecule has 0 bridgehead atoms. The molecule has 0 heterocycles. The highest BCUT2D eigenvalue weighted by molar-refractivity contribution is 5.93. The Morgan fingerprint density at radius 3 is 2.82 bits per heavy atom. The molecule has 94 valence electrons. The molecule has 0 aliphatic rings. The molecule has 1 aromatic carbocycles. The molecule has 0 amide bonds. The third-order valence-electron chi connectivity index (χ3n) is 2.00. The molecule has 0 fully saturated rings. The first kappa shape index (κ1) is 13.2. The van der Waals surface area contributed by atoms with Gasteiger partial charge in [0.1, 0.15) is 11.6 Å². The molecule has 0 spiro atoms. The van der Waals surface area contributed by atoms with Crippen molar-refractivity contribution >= 4 is 11.6 Å². The lowest BCUT2D eigenvalue weighted by Gasteiger charge is -2.10. The Labute approximate surface area is 99.8 Å². The van der Waals surface area contributed by atoms with Gasteiger partial charge in [0.2, 0.25) is 5.96 Å². The zero-order valence-corrected chi connectivity index (χ0v) is 9.96. The normalized spacial score (nSPS) is 11.2. The molecule has 0 saturated carbocycles. The summed E-state index contributed by atoms with van der Waals surface area (Å²) in [4.78, 5) is 4.15. The smallest absolute Gasteiger partial charge is 0.210 e. The maximum atomic E-state index is 13.2. The molecule has 5 nitrogen and oxygen atoms in total. The van der Waals surface area contributed by atoms with E-state index in [2.05, 4.69) is 15.7 Å². The minimum atomic E-state index is -0.390. The summed E-state index contributed by atoms with van der Waals surface area (Å²) < 4.78 is 18.2. The number of rotatable bonds is 4. The number of ether oxygens (including phenoxy) is 1. The van der Waals surface area contributed by atoms with Crippen LogP contribution in [0.2, 0.25) is 0 Å². The van der Waals surface area contributed by atoms with Crippen molar-refractivity contribution in [1.82, 2.24) is 5.43 Å². The summed E-state index contributed by atoms with van der Waals surface area (Å²) in [5, 5.41) is 2.87. The van der Waals surface area contributed by atoms with Gasteiger partial charge >= 0.3 is 0 Å². The Hall–Kier alpha value is -1.82. The lowest BCUT2D eigenvalue weighted by molar-refractivity contribution is 0.411. The number of nitrogens with one attached hydrogen (secondary N) is 2. The second-order valence-corrected chi connectivity index (χ2v) is 3.38. The minimum absolute atomic E-state index is 0.388. The van der Waals surface area contributed by atoms with Crippen LogP contribution in [-0.4, -0.2) is 19.6 Å². The van der Waals surface area contributed by atoms with Crippen LogP contribution in [0.5, 0.6) is 5.75 Å². The van der Waals surface area contributed by atoms with Gasteiger partial charge in [0.05, 0.1) is 7.11 Å². The summed E-state index contributed by atoms with van der Waals surface area (Å²) in [6, 6.07) is 4.28. The van der Waals surface area contributed by atoms with Gasteiger partial charge in [0.15, 0.2) is 0 Å². The maximum Gasteiger partial charge on any atom is 0.210 e. The van der Waals surface area contributed by atoms with Crippen molar-refractivity contribution in [2.75, 3.05) is 19.0 Å². The number of anilines is 1. The van der Waals surface area contributed by atoms with Crippen molar-refractivity contribution in [1.29, 1.82) is 0 Å². The number of nitrogens with two attached hydrogens (primary N) is 1. The highest BCUT2D eigenvalue weighted by Gasteiger charge is 2.03. The van der Waals surface area contributed by atoms with E-state index in [1.165, 1.54) is 19.2 Å². The Morgan fingerprint density at radius 1 is 1.47 bits per heavy atom. The third-order valence-corrected chi connectivity index (χ3v) is 2.00. The highest BCUT2D eigenvalue weighted by atomic mass is 19.1. The van der Waals surface area contributed by atoms with E-state index in [9.17, 15) is 4.39 Å². The minimum Gasteiger partial charge on any atom is -0.497 e. The van der Waals surface area contributed by atoms with Crippen LogP contribution in [-0.2, 0) is 0 Å². The first-order chi connectivity index (χ1) is 8.19. The number of guanidine groups is 1. The first-order valence-corrected chi connectivity index (χ1v) is 5.32. The van der Waals surface area contributed by atoms with Crippen molar-refractivity contribution < 1.29 is 9.13 Å². The van der Waals surface area contributed by atoms with E-state index in [1.54, 1.807) is 6.07 Å². The van der Waals surface area contributed by atoms with Crippen molar-refractivity contribution in [3.63, 3.8) is 0 Å². The van der Waals surface area contributed by atoms with Crippen LogP contribution < -0.4 is 21.3 Å². The Balaban J connectivity index is 2.82. The van der Waals surface area contributed by atoms with Crippen LogP contribution >= 0.6 is 0 Å². The quantitative estimate of drug-likeness (QED) is 0.322. The average molecular weight is 240 g/mol. The summed E-state index contributed by atoms with van der Waals surface area (Å²) >= 11 is 0. The van der Waals surface area contributed by atoms with E-state index in [-0.39, 0.29) is 0 Å². The molecular weight excluding hydrogens is 223 g/mol. The van der Waals surface area contributed by atoms with E-state index >= 15 is 0 Å². The largest absolute Gasteiger partial charge is 0.497 e. The van der Waals surface area contributed by atoms with Gasteiger partial charge in [-0.2, -0.15) is 0 Å². The van der Waals surface area contributed by atoms with E-state index in [4.69, 9.17) is 10.6 Å². The second-order valence-electron chi connectivity index (χ2n) is 3.38. The highest BCUT2D eigenvalue weighted by Crippen LogP contribution is 2.19. The molecule has 1 aromatic rings. The molecule has 1 rings (SSSR count). The van der Waals surface area contributed by atoms with Crippen molar-refractivity contribution in [2.24, 2.45) is 10.8 Å². The van der Waals surface area contributed by atoms with E-state index in [0.29, 0.717) is 23.9 Å². The number of methoxy groups -OCH3 is 1. The average Bonchev–Trinajstić information content (AvgIpc) is 2.33. The fourth-order valence-electron chi connectivity index (χ4n) is 1.23. The van der Waals surface area contributed by atoms with Gasteiger partial charge in [-0.05, 0) is 12.5 Å². The van der Waals surface area contributed by atoms with Crippen LogP contribution in [0.25, 0.3) is 0 Å². The summed E-state index contributed by atoms with van der Waals surface area (Å²) in [6.07, 6.45) is 0.902. The topological polar surface area (TPSA) is 71.7 Å². The molecule has 6 heteroatoms. The second kappa shape index (κ2) is 6.70. The third kappa shape index (κ3) is 4.28. The molecule has 0 atom stereocenters. The molecule has 0 aliphatic carbocycles. The summed E-state index contributed by atoms with van der Waals surface area (Å²) in [5.41, 5.74) is 2.94.